The Morgan fingerprint density at radius 3 is 2.89 bits per heavy atom. The van der Waals surface area contributed by atoms with Crippen LogP contribution in [0.2, 0.25) is 0 Å². The summed E-state index contributed by atoms with van der Waals surface area (Å²) in [6.07, 6.45) is 0.292. The van der Waals surface area contributed by atoms with Crippen LogP contribution in [0.25, 0.3) is 0 Å². The van der Waals surface area contributed by atoms with Gasteiger partial charge in [0.2, 0.25) is 0 Å². The highest BCUT2D eigenvalue weighted by Crippen LogP contribution is 2.23. The predicted molar refractivity (Wildman–Crippen MR) is 72.7 cm³/mol. The zero-order valence-corrected chi connectivity index (χ0v) is 11.3. The first-order chi connectivity index (χ1) is 8.60. The summed E-state index contributed by atoms with van der Waals surface area (Å²) < 4.78 is 10.8. The fourth-order valence-corrected chi connectivity index (χ4v) is 2.25. The Hall–Kier alpha value is -1.26. The van der Waals surface area contributed by atoms with Gasteiger partial charge in [-0.1, -0.05) is 6.07 Å². The maximum absolute atomic E-state index is 6.06. The number of methoxy groups -OCH3 is 1. The van der Waals surface area contributed by atoms with Gasteiger partial charge in [-0.15, -0.1) is 0 Å². The second-order valence-corrected chi connectivity index (χ2v) is 4.99. The van der Waals surface area contributed by atoms with Crippen LogP contribution in [-0.2, 0) is 11.3 Å². The normalized spacial score (nSPS) is 25.1. The van der Waals surface area contributed by atoms with E-state index >= 15 is 0 Å². The van der Waals surface area contributed by atoms with E-state index < -0.39 is 0 Å². The maximum atomic E-state index is 6.06. The number of nitrogens with zero attached hydrogens (tertiary/aromatic N) is 1. The van der Waals surface area contributed by atoms with Gasteiger partial charge in [-0.05, 0) is 25.5 Å². The van der Waals surface area contributed by atoms with Crippen LogP contribution in [0.5, 0.6) is 5.75 Å². The lowest BCUT2D eigenvalue weighted by atomic mass is 10.1. The van der Waals surface area contributed by atoms with Crippen molar-refractivity contribution < 1.29 is 9.47 Å². The molecule has 0 aromatic heterocycles. The van der Waals surface area contributed by atoms with Crippen molar-refractivity contribution in [3.05, 3.63) is 23.8 Å². The lowest BCUT2D eigenvalue weighted by molar-refractivity contribution is -0.0526. The van der Waals surface area contributed by atoms with Crippen LogP contribution in [0.4, 0.5) is 5.69 Å². The van der Waals surface area contributed by atoms with Crippen molar-refractivity contribution in [3.63, 3.8) is 0 Å². The smallest absolute Gasteiger partial charge is 0.120 e. The van der Waals surface area contributed by atoms with Crippen LogP contribution in [0, 0.1) is 0 Å². The zero-order chi connectivity index (χ0) is 13.1. The molecule has 100 valence electrons. The molecule has 1 aromatic carbocycles. The standard InChI is InChI=1S/C14H22N2O2/c1-10-9-18-11(2)7-16(10)8-12-4-5-13(17-3)6-14(12)15/h4-6,10-11H,7-9,15H2,1-3H3. The number of nitrogens with two attached hydrogens (primary N) is 1. The highest BCUT2D eigenvalue weighted by Gasteiger charge is 2.23. The molecule has 2 atom stereocenters. The predicted octanol–water partition coefficient (Wildman–Crippen LogP) is 1.89. The Balaban J connectivity index is 2.08. The van der Waals surface area contributed by atoms with Gasteiger partial charge >= 0.3 is 0 Å². The molecule has 4 nitrogen and oxygen atoms in total. The molecular formula is C14H22N2O2. The minimum atomic E-state index is 0.292. The molecule has 0 saturated carbocycles. The van der Waals surface area contributed by atoms with Crippen molar-refractivity contribution >= 4 is 5.69 Å². The van der Waals surface area contributed by atoms with Crippen LogP contribution in [0.3, 0.4) is 0 Å². The summed E-state index contributed by atoms with van der Waals surface area (Å²) in [7, 11) is 1.65. The molecule has 18 heavy (non-hydrogen) atoms. The first kappa shape index (κ1) is 13.2. The molecule has 1 aromatic rings. The van der Waals surface area contributed by atoms with E-state index in [4.69, 9.17) is 15.2 Å². The fourth-order valence-electron chi connectivity index (χ4n) is 2.25. The maximum Gasteiger partial charge on any atom is 0.120 e. The minimum absolute atomic E-state index is 0.292. The molecule has 0 amide bonds. The summed E-state index contributed by atoms with van der Waals surface area (Å²) in [5, 5.41) is 0. The Morgan fingerprint density at radius 2 is 2.22 bits per heavy atom. The molecule has 4 heteroatoms. The zero-order valence-electron chi connectivity index (χ0n) is 11.3. The first-order valence-electron chi connectivity index (χ1n) is 6.38. The van der Waals surface area contributed by atoms with Crippen molar-refractivity contribution in [1.29, 1.82) is 0 Å². The van der Waals surface area contributed by atoms with Gasteiger partial charge in [0.25, 0.3) is 0 Å². The van der Waals surface area contributed by atoms with Gasteiger partial charge in [0.15, 0.2) is 0 Å². The molecule has 1 saturated heterocycles. The molecule has 0 radical (unpaired) electrons. The highest BCUT2D eigenvalue weighted by molar-refractivity contribution is 5.51. The molecule has 1 fully saturated rings. The number of benzene rings is 1. The van der Waals surface area contributed by atoms with E-state index in [1.807, 2.05) is 18.2 Å². The Labute approximate surface area is 109 Å². The third kappa shape index (κ3) is 2.94. The Morgan fingerprint density at radius 1 is 1.44 bits per heavy atom. The number of ether oxygens (including phenoxy) is 2. The molecular weight excluding hydrogens is 228 g/mol. The summed E-state index contributed by atoms with van der Waals surface area (Å²) in [5.41, 5.74) is 8.00. The van der Waals surface area contributed by atoms with Crippen LogP contribution in [0.1, 0.15) is 19.4 Å². The topological polar surface area (TPSA) is 47.7 Å². The Bertz CT molecular complexity index is 409. The number of hydrogen-bond acceptors (Lipinski definition) is 4. The molecule has 0 spiro atoms. The van der Waals surface area contributed by atoms with Gasteiger partial charge in [-0.3, -0.25) is 4.90 Å². The van der Waals surface area contributed by atoms with Crippen LogP contribution >= 0.6 is 0 Å². The molecule has 2 rings (SSSR count). The summed E-state index contributed by atoms with van der Waals surface area (Å²) in [6.45, 7) is 6.90. The van der Waals surface area contributed by atoms with Gasteiger partial charge in [0.1, 0.15) is 5.75 Å². The number of anilines is 1. The number of rotatable bonds is 3. The average molecular weight is 250 g/mol. The quantitative estimate of drug-likeness (QED) is 0.832. The molecule has 2 N–H and O–H groups in total. The highest BCUT2D eigenvalue weighted by atomic mass is 16.5. The van der Waals surface area contributed by atoms with Crippen molar-refractivity contribution in [2.45, 2.75) is 32.5 Å². The van der Waals surface area contributed by atoms with Crippen LogP contribution in [-0.4, -0.2) is 37.3 Å². The number of hydrogen-bond donors (Lipinski definition) is 1. The third-order valence-corrected chi connectivity index (χ3v) is 3.46. The van der Waals surface area contributed by atoms with Gasteiger partial charge < -0.3 is 15.2 Å². The van der Waals surface area contributed by atoms with E-state index in [-0.39, 0.29) is 0 Å². The van der Waals surface area contributed by atoms with E-state index in [0.29, 0.717) is 12.1 Å². The van der Waals surface area contributed by atoms with Gasteiger partial charge in [0, 0.05) is 30.9 Å². The summed E-state index contributed by atoms with van der Waals surface area (Å²) in [5.74, 6) is 0.805. The lowest BCUT2D eigenvalue weighted by Crippen LogP contribution is -2.46. The fraction of sp³-hybridized carbons (Fsp3) is 0.571. The molecule has 0 aliphatic carbocycles. The monoisotopic (exact) mass is 250 g/mol. The van der Waals surface area contributed by atoms with Crippen LogP contribution in [0.15, 0.2) is 18.2 Å². The van der Waals surface area contributed by atoms with Crippen molar-refractivity contribution in [1.82, 2.24) is 4.90 Å². The van der Waals surface area contributed by atoms with Crippen molar-refractivity contribution in [3.8, 4) is 5.75 Å². The largest absolute Gasteiger partial charge is 0.497 e. The second-order valence-electron chi connectivity index (χ2n) is 4.99. The van der Waals surface area contributed by atoms with Crippen molar-refractivity contribution in [2.24, 2.45) is 0 Å². The summed E-state index contributed by atoms with van der Waals surface area (Å²) >= 11 is 0. The van der Waals surface area contributed by atoms with Gasteiger partial charge in [-0.2, -0.15) is 0 Å². The second kappa shape index (κ2) is 5.59. The molecule has 1 heterocycles. The van der Waals surface area contributed by atoms with Gasteiger partial charge in [-0.25, -0.2) is 0 Å². The lowest BCUT2D eigenvalue weighted by Gasteiger charge is -2.37. The third-order valence-electron chi connectivity index (χ3n) is 3.46. The minimum Gasteiger partial charge on any atom is -0.497 e. The van der Waals surface area contributed by atoms with Crippen LogP contribution < -0.4 is 10.5 Å². The van der Waals surface area contributed by atoms with Crippen molar-refractivity contribution in [2.75, 3.05) is 26.0 Å². The average Bonchev–Trinajstić information content (AvgIpc) is 2.36. The first-order valence-corrected chi connectivity index (χ1v) is 6.38. The molecule has 2 unspecified atom stereocenters. The SMILES string of the molecule is COc1ccc(CN2CC(C)OCC2C)c(N)c1. The number of nitrogen functional groups attached to an aromatic ring is 1. The Kier molecular flexibility index (Phi) is 4.09. The molecule has 0 bridgehead atoms. The van der Waals surface area contributed by atoms with E-state index in [2.05, 4.69) is 18.7 Å². The van der Waals surface area contributed by atoms with E-state index in [9.17, 15) is 0 Å². The summed E-state index contributed by atoms with van der Waals surface area (Å²) in [6, 6.07) is 6.31. The van der Waals surface area contributed by atoms with E-state index in [0.717, 1.165) is 36.7 Å². The van der Waals surface area contributed by atoms with Gasteiger partial charge in [0.05, 0.1) is 19.8 Å². The molecule has 1 aliphatic heterocycles. The van der Waals surface area contributed by atoms with E-state index in [1.165, 1.54) is 0 Å². The number of morpholine rings is 1. The summed E-state index contributed by atoms with van der Waals surface area (Å²) in [4.78, 5) is 2.41. The van der Waals surface area contributed by atoms with E-state index in [1.54, 1.807) is 7.11 Å². The molecule has 1 aliphatic rings.